The molecule has 9 heteroatoms. The van der Waals surface area contributed by atoms with Crippen LogP contribution in [-0.2, 0) is 0 Å². The van der Waals surface area contributed by atoms with Gasteiger partial charge >= 0.3 is 6.18 Å². The van der Waals surface area contributed by atoms with Gasteiger partial charge < -0.3 is 10.6 Å². The number of nitrogens with zero attached hydrogens (tertiary/aromatic N) is 3. The van der Waals surface area contributed by atoms with E-state index in [-0.39, 0.29) is 0 Å². The summed E-state index contributed by atoms with van der Waals surface area (Å²) in [5, 5.41) is 8.63. The van der Waals surface area contributed by atoms with E-state index in [9.17, 15) is 13.2 Å². The lowest BCUT2D eigenvalue weighted by Gasteiger charge is -2.38. The van der Waals surface area contributed by atoms with Gasteiger partial charge in [-0.1, -0.05) is 6.07 Å². The number of aliphatic imine (C=N–C) groups is 1. The van der Waals surface area contributed by atoms with Gasteiger partial charge in [-0.15, -0.1) is 11.3 Å². The summed E-state index contributed by atoms with van der Waals surface area (Å²) in [6.45, 7) is 4.70. The van der Waals surface area contributed by atoms with E-state index >= 15 is 0 Å². The van der Waals surface area contributed by atoms with Crippen molar-refractivity contribution in [1.29, 1.82) is 0 Å². The fourth-order valence-corrected chi connectivity index (χ4v) is 4.83. The Morgan fingerprint density at radius 1 is 1.38 bits per heavy atom. The first-order valence-electron chi connectivity index (χ1n) is 10.3. The molecule has 1 saturated heterocycles. The van der Waals surface area contributed by atoms with Gasteiger partial charge in [-0.3, -0.25) is 14.8 Å². The van der Waals surface area contributed by atoms with Crippen molar-refractivity contribution >= 4 is 17.3 Å². The monoisotopic (exact) mass is 433 g/mol. The van der Waals surface area contributed by atoms with Crippen molar-refractivity contribution in [3.05, 3.63) is 22.4 Å². The summed E-state index contributed by atoms with van der Waals surface area (Å²) in [7, 11) is 3.68. The van der Waals surface area contributed by atoms with Gasteiger partial charge in [0.15, 0.2) is 5.96 Å². The second-order valence-electron chi connectivity index (χ2n) is 7.70. The molecule has 1 aliphatic heterocycles. The molecule has 29 heavy (non-hydrogen) atoms. The first-order valence-corrected chi connectivity index (χ1v) is 11.2. The van der Waals surface area contributed by atoms with Crippen LogP contribution in [0.3, 0.4) is 0 Å². The van der Waals surface area contributed by atoms with Crippen molar-refractivity contribution in [1.82, 2.24) is 20.4 Å². The Bertz CT molecular complexity index is 606. The molecule has 2 atom stereocenters. The number of alkyl halides is 3. The largest absolute Gasteiger partial charge is 0.401 e. The second-order valence-corrected chi connectivity index (χ2v) is 8.68. The van der Waals surface area contributed by atoms with Gasteiger partial charge in [0.2, 0.25) is 0 Å². The summed E-state index contributed by atoms with van der Waals surface area (Å²) in [4.78, 5) is 9.90. The topological polar surface area (TPSA) is 42.9 Å². The van der Waals surface area contributed by atoms with Crippen LogP contribution in [0, 0.1) is 5.92 Å². The lowest BCUT2D eigenvalue weighted by Crippen LogP contribution is -2.41. The molecule has 0 spiro atoms. The van der Waals surface area contributed by atoms with Gasteiger partial charge in [0, 0.05) is 30.6 Å². The minimum atomic E-state index is -4.15. The predicted octanol–water partition coefficient (Wildman–Crippen LogP) is 3.57. The zero-order valence-corrected chi connectivity index (χ0v) is 18.5. The number of likely N-dealkylation sites (tertiary alicyclic amines) is 1. The van der Waals surface area contributed by atoms with Gasteiger partial charge in [-0.25, -0.2) is 0 Å². The smallest absolute Gasteiger partial charge is 0.357 e. The summed E-state index contributed by atoms with van der Waals surface area (Å²) in [6.07, 6.45) is -1.20. The minimum Gasteiger partial charge on any atom is -0.357 e. The Balaban J connectivity index is 1.85. The Morgan fingerprint density at radius 3 is 2.83 bits per heavy atom. The lowest BCUT2D eigenvalue weighted by atomic mass is 9.88. The van der Waals surface area contributed by atoms with Crippen LogP contribution in [0.25, 0.3) is 0 Å². The average molecular weight is 434 g/mol. The molecule has 0 saturated carbocycles. The van der Waals surface area contributed by atoms with Gasteiger partial charge in [0.25, 0.3) is 0 Å². The highest BCUT2D eigenvalue weighted by Gasteiger charge is 2.31. The molecule has 1 aromatic rings. The van der Waals surface area contributed by atoms with Crippen molar-refractivity contribution < 1.29 is 13.2 Å². The van der Waals surface area contributed by atoms with E-state index in [0.29, 0.717) is 31.5 Å². The maximum atomic E-state index is 12.4. The molecule has 1 fully saturated rings. The molecular weight excluding hydrogens is 399 g/mol. The van der Waals surface area contributed by atoms with E-state index in [1.54, 1.807) is 11.3 Å². The molecule has 0 aliphatic carbocycles. The number of piperidine rings is 1. The highest BCUT2D eigenvalue weighted by atomic mass is 32.1. The van der Waals surface area contributed by atoms with Crippen LogP contribution in [-0.4, -0.2) is 75.3 Å². The SMILES string of the molecule is CCNC(=NCC1CCCN(C)C1c1cccs1)NCCCN(C)CC(F)(F)F. The molecule has 166 valence electrons. The molecule has 2 unspecified atom stereocenters. The second kappa shape index (κ2) is 11.8. The van der Waals surface area contributed by atoms with Crippen molar-refractivity contribution in [2.45, 2.75) is 38.4 Å². The minimum absolute atomic E-state index is 0.389. The Kier molecular flexibility index (Phi) is 9.71. The number of guanidine groups is 1. The molecule has 1 aliphatic rings. The van der Waals surface area contributed by atoms with Crippen LogP contribution in [0.1, 0.15) is 37.1 Å². The molecule has 0 aromatic carbocycles. The molecular formula is C20H34F3N5S. The summed E-state index contributed by atoms with van der Waals surface area (Å²) in [6, 6.07) is 4.70. The fourth-order valence-electron chi connectivity index (χ4n) is 3.85. The normalized spacial score (nSPS) is 21.6. The highest BCUT2D eigenvalue weighted by molar-refractivity contribution is 7.10. The molecule has 2 heterocycles. The van der Waals surface area contributed by atoms with E-state index in [4.69, 9.17) is 4.99 Å². The molecule has 5 nitrogen and oxygen atoms in total. The van der Waals surface area contributed by atoms with Gasteiger partial charge in [0.05, 0.1) is 6.54 Å². The van der Waals surface area contributed by atoms with E-state index in [1.165, 1.54) is 23.2 Å². The molecule has 2 N–H and O–H groups in total. The standard InChI is InChI=1S/C20H34F3N5S/c1-4-24-19(25-10-7-11-27(2)15-20(21,22)23)26-14-16-8-5-12-28(3)18(16)17-9-6-13-29-17/h6,9,13,16,18H,4-5,7-8,10-12,14-15H2,1-3H3,(H2,24,25,26). The number of thiophene rings is 1. The highest BCUT2D eigenvalue weighted by Crippen LogP contribution is 2.37. The number of nitrogens with one attached hydrogen (secondary N) is 2. The summed E-state index contributed by atoms with van der Waals surface area (Å²) in [5.74, 6) is 1.20. The third kappa shape index (κ3) is 8.52. The maximum absolute atomic E-state index is 12.4. The number of halogens is 3. The van der Waals surface area contributed by atoms with Gasteiger partial charge in [0.1, 0.15) is 0 Å². The van der Waals surface area contributed by atoms with Gasteiger partial charge in [-0.2, -0.15) is 13.2 Å². The molecule has 0 bridgehead atoms. The van der Waals surface area contributed by atoms with Crippen LogP contribution in [0.5, 0.6) is 0 Å². The zero-order chi connectivity index (χ0) is 21.3. The Morgan fingerprint density at radius 2 is 2.17 bits per heavy atom. The van der Waals surface area contributed by atoms with Crippen molar-refractivity contribution in [2.24, 2.45) is 10.9 Å². The predicted molar refractivity (Wildman–Crippen MR) is 115 cm³/mol. The molecule has 2 rings (SSSR count). The first-order chi connectivity index (χ1) is 13.8. The Hall–Kier alpha value is -1.32. The third-order valence-electron chi connectivity index (χ3n) is 5.13. The number of hydrogen-bond donors (Lipinski definition) is 2. The average Bonchev–Trinajstić information content (AvgIpc) is 3.15. The number of rotatable bonds is 9. The van der Waals surface area contributed by atoms with E-state index in [0.717, 1.165) is 32.0 Å². The lowest BCUT2D eigenvalue weighted by molar-refractivity contribution is -0.143. The van der Waals surface area contributed by atoms with Crippen molar-refractivity contribution in [3.63, 3.8) is 0 Å². The summed E-state index contributed by atoms with van der Waals surface area (Å²) < 4.78 is 37.2. The van der Waals surface area contributed by atoms with Crippen LogP contribution < -0.4 is 10.6 Å². The first kappa shape index (κ1) is 24.0. The molecule has 1 aromatic heterocycles. The van der Waals surface area contributed by atoms with Crippen molar-refractivity contribution in [3.8, 4) is 0 Å². The summed E-state index contributed by atoms with van der Waals surface area (Å²) >= 11 is 1.80. The van der Waals surface area contributed by atoms with E-state index < -0.39 is 12.7 Å². The van der Waals surface area contributed by atoms with Crippen LogP contribution in [0.2, 0.25) is 0 Å². The molecule has 0 amide bonds. The zero-order valence-electron chi connectivity index (χ0n) is 17.6. The van der Waals surface area contributed by atoms with Crippen LogP contribution >= 0.6 is 11.3 Å². The van der Waals surface area contributed by atoms with Crippen molar-refractivity contribution in [2.75, 3.05) is 53.4 Å². The van der Waals surface area contributed by atoms with E-state index in [2.05, 4.69) is 40.1 Å². The maximum Gasteiger partial charge on any atom is 0.401 e. The van der Waals surface area contributed by atoms with Crippen LogP contribution in [0.15, 0.2) is 22.5 Å². The van der Waals surface area contributed by atoms with E-state index in [1.807, 2.05) is 6.92 Å². The fraction of sp³-hybridized carbons (Fsp3) is 0.750. The summed E-state index contributed by atoms with van der Waals surface area (Å²) in [5.41, 5.74) is 0. The number of hydrogen-bond acceptors (Lipinski definition) is 4. The molecule has 0 radical (unpaired) electrons. The Labute approximate surface area is 176 Å². The quantitative estimate of drug-likeness (QED) is 0.355. The van der Waals surface area contributed by atoms with Gasteiger partial charge in [-0.05, 0) is 70.7 Å². The third-order valence-corrected chi connectivity index (χ3v) is 6.07. The van der Waals surface area contributed by atoms with Crippen LogP contribution in [0.4, 0.5) is 13.2 Å².